The number of nitro groups is 1. The van der Waals surface area contributed by atoms with Crippen LogP contribution < -0.4 is 11.2 Å². The van der Waals surface area contributed by atoms with Gasteiger partial charge in [0.1, 0.15) is 11.3 Å². The van der Waals surface area contributed by atoms with Crippen LogP contribution >= 0.6 is 0 Å². The average Bonchev–Trinajstić information content (AvgIpc) is 3.42. The normalized spacial score (nSPS) is 11.3. The Balaban J connectivity index is 1.72. The molecule has 0 aliphatic heterocycles. The number of H-pyrrole nitrogens is 2. The van der Waals surface area contributed by atoms with E-state index in [-0.39, 0.29) is 17.7 Å². The molecule has 0 aliphatic carbocycles. The zero-order valence-corrected chi connectivity index (χ0v) is 16.9. The van der Waals surface area contributed by atoms with E-state index in [1.807, 2.05) is 13.0 Å². The van der Waals surface area contributed by atoms with Crippen molar-refractivity contribution >= 4 is 16.9 Å². The minimum absolute atomic E-state index is 0.00936. The standard InChI is InChI=1S/C20H21N7O4/c1-2-10-26-19(28)17-18(23-16(22-17)12-14-7-9-21-24-14)25(20(26)29)11-8-13-3-5-15(6-4-13)27(30)31/h3-7,9H,2,8,10-12H2,1H3,(H,21,24)(H,22,23). The number of fused-ring (bicyclic) bond motifs is 1. The number of aromatic nitrogens is 6. The van der Waals surface area contributed by atoms with Gasteiger partial charge in [0.05, 0.1) is 10.6 Å². The number of aryl methyl sites for hydroxylation is 2. The van der Waals surface area contributed by atoms with Gasteiger partial charge in [0.2, 0.25) is 0 Å². The minimum Gasteiger partial charge on any atom is -0.336 e. The number of non-ortho nitro benzene ring substituents is 1. The monoisotopic (exact) mass is 423 g/mol. The van der Waals surface area contributed by atoms with E-state index in [4.69, 9.17) is 0 Å². The van der Waals surface area contributed by atoms with Crippen molar-refractivity contribution < 1.29 is 4.92 Å². The number of nitro benzene ring substituents is 1. The van der Waals surface area contributed by atoms with Gasteiger partial charge in [-0.3, -0.25) is 29.1 Å². The van der Waals surface area contributed by atoms with Gasteiger partial charge in [0, 0.05) is 37.8 Å². The summed E-state index contributed by atoms with van der Waals surface area (Å²) in [5, 5.41) is 17.7. The second-order valence-corrected chi connectivity index (χ2v) is 7.19. The molecule has 4 rings (SSSR count). The molecular formula is C20H21N7O4. The van der Waals surface area contributed by atoms with Crippen LogP contribution in [0.1, 0.15) is 30.4 Å². The van der Waals surface area contributed by atoms with E-state index in [2.05, 4.69) is 20.2 Å². The van der Waals surface area contributed by atoms with Crippen LogP contribution in [0.2, 0.25) is 0 Å². The molecule has 11 heteroatoms. The Labute approximate surface area is 175 Å². The summed E-state index contributed by atoms with van der Waals surface area (Å²) in [5.74, 6) is 0.539. The molecule has 2 N–H and O–H groups in total. The summed E-state index contributed by atoms with van der Waals surface area (Å²) in [6, 6.07) is 8.00. The van der Waals surface area contributed by atoms with Crippen LogP contribution in [0.15, 0.2) is 46.1 Å². The summed E-state index contributed by atoms with van der Waals surface area (Å²) in [4.78, 5) is 43.9. The summed E-state index contributed by atoms with van der Waals surface area (Å²) in [7, 11) is 0. The maximum absolute atomic E-state index is 13.0. The summed E-state index contributed by atoms with van der Waals surface area (Å²) in [6.07, 6.45) is 3.18. The number of hydrogen-bond donors (Lipinski definition) is 2. The van der Waals surface area contributed by atoms with Crippen LogP contribution in [0.25, 0.3) is 11.2 Å². The molecule has 31 heavy (non-hydrogen) atoms. The number of nitrogens with one attached hydrogen (secondary N) is 2. The first-order valence-electron chi connectivity index (χ1n) is 9.92. The molecule has 0 atom stereocenters. The molecule has 0 radical (unpaired) electrons. The van der Waals surface area contributed by atoms with Gasteiger partial charge < -0.3 is 4.98 Å². The highest BCUT2D eigenvalue weighted by Gasteiger charge is 2.17. The van der Waals surface area contributed by atoms with Crippen LogP contribution in [-0.2, 0) is 25.9 Å². The van der Waals surface area contributed by atoms with Crippen LogP contribution in [0, 0.1) is 10.1 Å². The van der Waals surface area contributed by atoms with Gasteiger partial charge >= 0.3 is 5.69 Å². The lowest BCUT2D eigenvalue weighted by Gasteiger charge is -2.10. The Hall–Kier alpha value is -4.02. The third kappa shape index (κ3) is 4.02. The first-order valence-corrected chi connectivity index (χ1v) is 9.92. The third-order valence-corrected chi connectivity index (χ3v) is 5.04. The highest BCUT2D eigenvalue weighted by Crippen LogP contribution is 2.14. The number of benzene rings is 1. The average molecular weight is 423 g/mol. The first-order chi connectivity index (χ1) is 15.0. The molecule has 0 saturated heterocycles. The molecule has 0 spiro atoms. The second kappa shape index (κ2) is 8.38. The van der Waals surface area contributed by atoms with Crippen molar-refractivity contribution in [2.45, 2.75) is 39.3 Å². The van der Waals surface area contributed by atoms with Crippen molar-refractivity contribution in [3.8, 4) is 0 Å². The molecule has 0 bridgehead atoms. The predicted molar refractivity (Wildman–Crippen MR) is 113 cm³/mol. The van der Waals surface area contributed by atoms with E-state index >= 15 is 0 Å². The molecule has 3 aromatic heterocycles. The van der Waals surface area contributed by atoms with Crippen molar-refractivity contribution in [1.29, 1.82) is 0 Å². The molecule has 1 aromatic carbocycles. The van der Waals surface area contributed by atoms with E-state index in [1.54, 1.807) is 18.3 Å². The van der Waals surface area contributed by atoms with Crippen molar-refractivity contribution in [2.75, 3.05) is 0 Å². The SMILES string of the molecule is CCCn1c(=O)c2[nH]c(Cc3cc[nH]n3)nc2n(CCc2ccc([N+](=O)[O-])cc2)c1=O. The zero-order valence-electron chi connectivity index (χ0n) is 16.9. The molecule has 3 heterocycles. The smallest absolute Gasteiger partial charge is 0.332 e. The van der Waals surface area contributed by atoms with Crippen molar-refractivity contribution in [2.24, 2.45) is 0 Å². The van der Waals surface area contributed by atoms with Crippen molar-refractivity contribution in [3.63, 3.8) is 0 Å². The molecule has 0 aliphatic rings. The van der Waals surface area contributed by atoms with E-state index in [0.717, 1.165) is 11.3 Å². The highest BCUT2D eigenvalue weighted by molar-refractivity contribution is 5.70. The maximum atomic E-state index is 13.0. The van der Waals surface area contributed by atoms with Crippen molar-refractivity contribution in [1.82, 2.24) is 29.3 Å². The van der Waals surface area contributed by atoms with Gasteiger partial charge in [-0.25, -0.2) is 9.78 Å². The summed E-state index contributed by atoms with van der Waals surface area (Å²) < 4.78 is 2.70. The van der Waals surface area contributed by atoms with E-state index in [1.165, 1.54) is 21.3 Å². The van der Waals surface area contributed by atoms with Crippen molar-refractivity contribution in [3.05, 3.63) is 84.6 Å². The molecule has 160 valence electrons. The number of imidazole rings is 1. The van der Waals surface area contributed by atoms with E-state index < -0.39 is 16.2 Å². The first kappa shape index (κ1) is 20.3. The zero-order chi connectivity index (χ0) is 22.0. The fraction of sp³-hybridized carbons (Fsp3) is 0.300. The van der Waals surface area contributed by atoms with Crippen LogP contribution in [0.3, 0.4) is 0 Å². The molecule has 4 aromatic rings. The second-order valence-electron chi connectivity index (χ2n) is 7.19. The number of hydrogen-bond acceptors (Lipinski definition) is 6. The highest BCUT2D eigenvalue weighted by atomic mass is 16.6. The van der Waals surface area contributed by atoms with Crippen LogP contribution in [-0.4, -0.2) is 34.2 Å². The van der Waals surface area contributed by atoms with Gasteiger partial charge in [0.15, 0.2) is 5.65 Å². The number of aromatic amines is 2. The Morgan fingerprint density at radius 3 is 2.52 bits per heavy atom. The minimum atomic E-state index is -0.455. The van der Waals surface area contributed by atoms with Gasteiger partial charge in [-0.15, -0.1) is 0 Å². The lowest BCUT2D eigenvalue weighted by Crippen LogP contribution is -2.40. The summed E-state index contributed by atoms with van der Waals surface area (Å²) in [6.45, 7) is 2.48. The Kier molecular flexibility index (Phi) is 5.48. The Bertz CT molecular complexity index is 1330. The van der Waals surface area contributed by atoms with Gasteiger partial charge in [0.25, 0.3) is 11.2 Å². The number of nitrogens with zero attached hydrogens (tertiary/aromatic N) is 5. The molecule has 0 unspecified atom stereocenters. The van der Waals surface area contributed by atoms with E-state index in [9.17, 15) is 19.7 Å². The quantitative estimate of drug-likeness (QED) is 0.326. The van der Waals surface area contributed by atoms with Crippen LogP contribution in [0.5, 0.6) is 0 Å². The molecule has 0 saturated carbocycles. The Morgan fingerprint density at radius 2 is 1.87 bits per heavy atom. The summed E-state index contributed by atoms with van der Waals surface area (Å²) in [5.41, 5.74) is 1.37. The number of rotatable bonds is 8. The third-order valence-electron chi connectivity index (χ3n) is 5.04. The largest absolute Gasteiger partial charge is 0.336 e. The maximum Gasteiger partial charge on any atom is 0.332 e. The predicted octanol–water partition coefficient (Wildman–Crippen LogP) is 1.76. The summed E-state index contributed by atoms with van der Waals surface area (Å²) >= 11 is 0. The molecule has 11 nitrogen and oxygen atoms in total. The molecular weight excluding hydrogens is 402 g/mol. The lowest BCUT2D eigenvalue weighted by molar-refractivity contribution is -0.384. The van der Waals surface area contributed by atoms with Crippen LogP contribution in [0.4, 0.5) is 5.69 Å². The van der Waals surface area contributed by atoms with E-state index in [0.29, 0.717) is 37.3 Å². The van der Waals surface area contributed by atoms with Gasteiger partial charge in [-0.1, -0.05) is 19.1 Å². The fourth-order valence-corrected chi connectivity index (χ4v) is 3.51. The van der Waals surface area contributed by atoms with Gasteiger partial charge in [-0.2, -0.15) is 5.10 Å². The Morgan fingerprint density at radius 1 is 1.10 bits per heavy atom. The van der Waals surface area contributed by atoms with Gasteiger partial charge in [-0.05, 0) is 24.5 Å². The molecule has 0 amide bonds. The lowest BCUT2D eigenvalue weighted by atomic mass is 10.1. The topological polar surface area (TPSA) is 144 Å². The molecule has 0 fully saturated rings. The fourth-order valence-electron chi connectivity index (χ4n) is 3.51.